The molecule has 1 amide bonds. The minimum absolute atomic E-state index is 0.0541. The molecule has 0 saturated carbocycles. The Morgan fingerprint density at radius 2 is 1.73 bits per heavy atom. The first-order chi connectivity index (χ1) is 17.8. The lowest BCUT2D eigenvalue weighted by atomic mass is 9.95. The van der Waals surface area contributed by atoms with E-state index in [1.54, 1.807) is 50.2 Å². The van der Waals surface area contributed by atoms with Crippen LogP contribution in [0, 0.1) is 13.8 Å². The lowest BCUT2D eigenvalue weighted by Gasteiger charge is -2.23. The van der Waals surface area contributed by atoms with Gasteiger partial charge in [-0.2, -0.15) is 0 Å². The standard InChI is InChI=1S/C28H28N2O6S/c1-5-15-36-20-13-11-19(12-14-20)23(31)21-22(18-9-7-16(3)8-10-18)30(26(33)24(21)32)28-29-17(4)25(37-28)27(34)35-6-2/h7-14,22,31H,5-6,15H2,1-4H3/b23-21+/t22-/m1/s1. The van der Waals surface area contributed by atoms with Gasteiger partial charge >= 0.3 is 11.9 Å². The van der Waals surface area contributed by atoms with Gasteiger partial charge in [0.2, 0.25) is 0 Å². The Morgan fingerprint density at radius 3 is 2.35 bits per heavy atom. The fourth-order valence-electron chi connectivity index (χ4n) is 4.05. The van der Waals surface area contributed by atoms with Crippen LogP contribution in [0.3, 0.4) is 0 Å². The molecule has 8 nitrogen and oxygen atoms in total. The molecule has 1 N–H and O–H groups in total. The number of Topliss-reactive ketones (excluding diaryl/α,β-unsaturated/α-hetero) is 1. The van der Waals surface area contributed by atoms with Gasteiger partial charge in [-0.1, -0.05) is 48.1 Å². The Hall–Kier alpha value is -3.98. The Bertz CT molecular complexity index is 1360. The van der Waals surface area contributed by atoms with Gasteiger partial charge in [0.15, 0.2) is 5.13 Å². The van der Waals surface area contributed by atoms with E-state index in [4.69, 9.17) is 9.47 Å². The summed E-state index contributed by atoms with van der Waals surface area (Å²) in [6, 6.07) is 13.1. The van der Waals surface area contributed by atoms with Crippen LogP contribution in [0.15, 0.2) is 54.1 Å². The smallest absolute Gasteiger partial charge is 0.350 e. The van der Waals surface area contributed by atoms with Gasteiger partial charge in [-0.15, -0.1) is 0 Å². The minimum Gasteiger partial charge on any atom is -0.507 e. The van der Waals surface area contributed by atoms with Gasteiger partial charge in [-0.05, 0) is 57.0 Å². The van der Waals surface area contributed by atoms with Gasteiger partial charge in [0, 0.05) is 5.56 Å². The lowest BCUT2D eigenvalue weighted by molar-refractivity contribution is -0.132. The maximum absolute atomic E-state index is 13.4. The highest BCUT2D eigenvalue weighted by Crippen LogP contribution is 2.44. The Balaban J connectivity index is 1.84. The molecule has 9 heteroatoms. The van der Waals surface area contributed by atoms with Gasteiger partial charge in [0.1, 0.15) is 16.4 Å². The van der Waals surface area contributed by atoms with Crippen molar-refractivity contribution in [2.45, 2.75) is 40.2 Å². The summed E-state index contributed by atoms with van der Waals surface area (Å²) in [5.74, 6) is -1.87. The van der Waals surface area contributed by atoms with Crippen molar-refractivity contribution in [3.8, 4) is 5.75 Å². The second kappa shape index (κ2) is 11.0. The first kappa shape index (κ1) is 26.1. The van der Waals surface area contributed by atoms with Crippen LogP contribution in [0.5, 0.6) is 5.75 Å². The lowest BCUT2D eigenvalue weighted by Crippen LogP contribution is -2.29. The molecular formula is C28H28N2O6S. The number of aryl methyl sites for hydroxylation is 2. The number of esters is 1. The largest absolute Gasteiger partial charge is 0.507 e. The number of carbonyl (C=O) groups is 3. The van der Waals surface area contributed by atoms with Crippen molar-refractivity contribution in [3.05, 3.63) is 81.4 Å². The molecular weight excluding hydrogens is 492 g/mol. The van der Waals surface area contributed by atoms with Gasteiger partial charge in [-0.3, -0.25) is 14.5 Å². The molecule has 1 aliphatic rings. The topological polar surface area (TPSA) is 106 Å². The van der Waals surface area contributed by atoms with E-state index in [1.807, 2.05) is 26.0 Å². The second-order valence-electron chi connectivity index (χ2n) is 8.58. The van der Waals surface area contributed by atoms with E-state index in [0.717, 1.165) is 23.3 Å². The van der Waals surface area contributed by atoms with Crippen molar-refractivity contribution in [1.29, 1.82) is 0 Å². The van der Waals surface area contributed by atoms with Gasteiger partial charge in [0.05, 0.1) is 30.5 Å². The van der Waals surface area contributed by atoms with E-state index in [2.05, 4.69) is 4.98 Å². The van der Waals surface area contributed by atoms with Crippen LogP contribution in [-0.4, -0.2) is 41.0 Å². The summed E-state index contributed by atoms with van der Waals surface area (Å²) in [5.41, 5.74) is 2.34. The van der Waals surface area contributed by atoms with E-state index in [1.165, 1.54) is 4.90 Å². The number of hydrogen-bond acceptors (Lipinski definition) is 8. The molecule has 1 aliphatic heterocycles. The number of rotatable bonds is 8. The summed E-state index contributed by atoms with van der Waals surface area (Å²) in [6.07, 6.45) is 0.857. The molecule has 3 aromatic rings. The molecule has 192 valence electrons. The van der Waals surface area contributed by atoms with E-state index >= 15 is 0 Å². The van der Waals surface area contributed by atoms with Gasteiger partial charge in [0.25, 0.3) is 5.78 Å². The Labute approximate surface area is 219 Å². The Morgan fingerprint density at radius 1 is 1.05 bits per heavy atom. The molecule has 0 spiro atoms. The third-order valence-electron chi connectivity index (χ3n) is 5.89. The molecule has 0 aliphatic carbocycles. The molecule has 2 aromatic carbocycles. The number of anilines is 1. The fraction of sp³-hybridized carbons (Fsp3) is 0.286. The van der Waals surface area contributed by atoms with Crippen LogP contribution in [0.2, 0.25) is 0 Å². The zero-order valence-corrected chi connectivity index (χ0v) is 21.9. The number of aromatic nitrogens is 1. The molecule has 1 saturated heterocycles. The summed E-state index contributed by atoms with van der Waals surface area (Å²) in [5, 5.41) is 11.5. The van der Waals surface area contributed by atoms with Crippen LogP contribution >= 0.6 is 11.3 Å². The summed E-state index contributed by atoms with van der Waals surface area (Å²) < 4.78 is 10.7. The van der Waals surface area contributed by atoms with Crippen molar-refractivity contribution in [2.75, 3.05) is 18.1 Å². The van der Waals surface area contributed by atoms with Crippen molar-refractivity contribution in [3.63, 3.8) is 0 Å². The van der Waals surface area contributed by atoms with Crippen LogP contribution < -0.4 is 9.64 Å². The average Bonchev–Trinajstić information content (AvgIpc) is 3.40. The van der Waals surface area contributed by atoms with Crippen LogP contribution in [-0.2, 0) is 14.3 Å². The number of benzene rings is 2. The quantitative estimate of drug-likeness (QED) is 0.185. The van der Waals surface area contributed by atoms with E-state index < -0.39 is 23.7 Å². The number of ketones is 1. The molecule has 2 heterocycles. The SMILES string of the molecule is CCCOc1ccc(/C(O)=C2\C(=O)C(=O)N(c3nc(C)c(C(=O)OCC)s3)[C@@H]2c2ccc(C)cc2)cc1. The van der Waals surface area contributed by atoms with Gasteiger partial charge in [-0.25, -0.2) is 9.78 Å². The minimum atomic E-state index is -0.933. The first-order valence-corrected chi connectivity index (χ1v) is 12.8. The van der Waals surface area contributed by atoms with Crippen LogP contribution in [0.4, 0.5) is 5.13 Å². The van der Waals surface area contributed by atoms with Crippen molar-refractivity contribution in [1.82, 2.24) is 4.98 Å². The van der Waals surface area contributed by atoms with E-state index in [0.29, 0.717) is 29.2 Å². The summed E-state index contributed by atoms with van der Waals surface area (Å²) >= 11 is 0.978. The number of ether oxygens (including phenoxy) is 2. The van der Waals surface area contributed by atoms with Crippen molar-refractivity contribution in [2.24, 2.45) is 0 Å². The maximum Gasteiger partial charge on any atom is 0.350 e. The van der Waals surface area contributed by atoms with Crippen LogP contribution in [0.25, 0.3) is 5.76 Å². The van der Waals surface area contributed by atoms with Crippen molar-refractivity contribution < 1.29 is 29.0 Å². The Kier molecular flexibility index (Phi) is 7.73. The molecule has 4 rings (SSSR count). The van der Waals surface area contributed by atoms with Gasteiger partial charge < -0.3 is 14.6 Å². The molecule has 1 atom stereocenters. The molecule has 0 unspecified atom stereocenters. The molecule has 0 bridgehead atoms. The zero-order chi connectivity index (χ0) is 26.7. The van der Waals surface area contributed by atoms with E-state index in [9.17, 15) is 19.5 Å². The summed E-state index contributed by atoms with van der Waals surface area (Å²) in [7, 11) is 0. The monoisotopic (exact) mass is 520 g/mol. The van der Waals surface area contributed by atoms with E-state index in [-0.39, 0.29) is 27.9 Å². The second-order valence-corrected chi connectivity index (χ2v) is 9.56. The highest BCUT2D eigenvalue weighted by molar-refractivity contribution is 7.17. The predicted octanol–water partition coefficient (Wildman–Crippen LogP) is 5.35. The molecule has 37 heavy (non-hydrogen) atoms. The highest BCUT2D eigenvalue weighted by Gasteiger charge is 2.48. The molecule has 1 aromatic heterocycles. The third-order valence-corrected chi connectivity index (χ3v) is 7.03. The number of amides is 1. The molecule has 0 radical (unpaired) electrons. The maximum atomic E-state index is 13.4. The number of hydrogen-bond donors (Lipinski definition) is 1. The number of thiazole rings is 1. The fourth-order valence-corrected chi connectivity index (χ4v) is 5.04. The zero-order valence-electron chi connectivity index (χ0n) is 21.1. The number of nitrogens with zero attached hydrogens (tertiary/aromatic N) is 2. The normalized spacial score (nSPS) is 16.8. The highest BCUT2D eigenvalue weighted by atomic mass is 32.1. The third kappa shape index (κ3) is 5.13. The molecule has 1 fully saturated rings. The van der Waals surface area contributed by atoms with Crippen molar-refractivity contribution >= 4 is 39.9 Å². The van der Waals surface area contributed by atoms with Crippen LogP contribution in [0.1, 0.15) is 58.4 Å². The average molecular weight is 521 g/mol. The first-order valence-electron chi connectivity index (χ1n) is 12.0. The predicted molar refractivity (Wildman–Crippen MR) is 141 cm³/mol. The number of aliphatic hydroxyl groups is 1. The summed E-state index contributed by atoms with van der Waals surface area (Å²) in [6.45, 7) is 8.04. The summed E-state index contributed by atoms with van der Waals surface area (Å²) in [4.78, 5) is 45.0. The number of carbonyl (C=O) groups excluding carboxylic acids is 3. The number of aliphatic hydroxyl groups excluding tert-OH is 1.